The summed E-state index contributed by atoms with van der Waals surface area (Å²) in [5.74, 6) is 1.72. The van der Waals surface area contributed by atoms with Gasteiger partial charge in [-0.2, -0.15) is 4.68 Å². The number of rotatable bonds is 1. The Morgan fingerprint density at radius 2 is 2.20 bits per heavy atom. The third kappa shape index (κ3) is 1.13. The van der Waals surface area contributed by atoms with Crippen molar-refractivity contribution >= 4 is 5.82 Å². The molecule has 7 nitrogen and oxygen atoms in total. The first-order valence-electron chi connectivity index (χ1n) is 4.41. The van der Waals surface area contributed by atoms with Crippen molar-refractivity contribution < 1.29 is 14.0 Å². The summed E-state index contributed by atoms with van der Waals surface area (Å²) in [6.07, 6.45) is 1.45. The SMILES string of the molecule is Nc1nn(-c2ccon2)c2c1OCCO2. The van der Waals surface area contributed by atoms with Crippen LogP contribution in [0.25, 0.3) is 5.82 Å². The molecule has 0 atom stereocenters. The van der Waals surface area contributed by atoms with Gasteiger partial charge in [0.2, 0.25) is 5.75 Å². The van der Waals surface area contributed by atoms with Crippen LogP contribution in [-0.4, -0.2) is 28.2 Å². The molecule has 0 saturated carbocycles. The number of hydrogen-bond acceptors (Lipinski definition) is 6. The second-order valence-corrected chi connectivity index (χ2v) is 2.99. The van der Waals surface area contributed by atoms with E-state index < -0.39 is 0 Å². The highest BCUT2D eigenvalue weighted by Crippen LogP contribution is 2.36. The van der Waals surface area contributed by atoms with Crippen LogP contribution in [0.3, 0.4) is 0 Å². The van der Waals surface area contributed by atoms with E-state index in [0.717, 1.165) is 0 Å². The molecule has 0 spiro atoms. The number of hydrogen-bond donors (Lipinski definition) is 1. The molecule has 0 fully saturated rings. The van der Waals surface area contributed by atoms with Crippen molar-refractivity contribution in [2.45, 2.75) is 0 Å². The Hall–Kier alpha value is -2.18. The Bertz CT molecular complexity index is 476. The van der Waals surface area contributed by atoms with Gasteiger partial charge < -0.3 is 19.7 Å². The van der Waals surface area contributed by atoms with Gasteiger partial charge in [-0.3, -0.25) is 0 Å². The number of fused-ring (bicyclic) bond motifs is 1. The van der Waals surface area contributed by atoms with Crippen molar-refractivity contribution in [2.75, 3.05) is 18.9 Å². The van der Waals surface area contributed by atoms with Crippen LogP contribution in [0.2, 0.25) is 0 Å². The summed E-state index contributed by atoms with van der Waals surface area (Å²) >= 11 is 0. The molecule has 1 aliphatic heterocycles. The second kappa shape index (κ2) is 2.91. The van der Waals surface area contributed by atoms with Crippen LogP contribution in [0.15, 0.2) is 16.9 Å². The Balaban J connectivity index is 2.16. The zero-order valence-electron chi connectivity index (χ0n) is 7.71. The lowest BCUT2D eigenvalue weighted by molar-refractivity contribution is 0.164. The Labute approximate surface area is 84.4 Å². The van der Waals surface area contributed by atoms with Gasteiger partial charge in [0.1, 0.15) is 19.5 Å². The predicted octanol–water partition coefficient (Wildman–Crippen LogP) is 0.214. The molecule has 3 rings (SSSR count). The average Bonchev–Trinajstić information content (AvgIpc) is 2.87. The van der Waals surface area contributed by atoms with Crippen LogP contribution < -0.4 is 15.2 Å². The Kier molecular flexibility index (Phi) is 1.58. The summed E-state index contributed by atoms with van der Waals surface area (Å²) in [6.45, 7) is 0.942. The van der Waals surface area contributed by atoms with Gasteiger partial charge in [-0.05, 0) is 0 Å². The maximum atomic E-state index is 5.67. The van der Waals surface area contributed by atoms with Crippen LogP contribution in [0.1, 0.15) is 0 Å². The standard InChI is InChI=1S/C8H8N4O3/c9-7-6-8(14-4-3-13-6)12(10-7)5-1-2-15-11-5/h1-2H,3-4H2,(H2,9,10). The molecule has 0 unspecified atom stereocenters. The number of nitrogen functional groups attached to an aromatic ring is 1. The highest BCUT2D eigenvalue weighted by Gasteiger charge is 2.24. The van der Waals surface area contributed by atoms with Gasteiger partial charge in [0.05, 0.1) is 0 Å². The van der Waals surface area contributed by atoms with Gasteiger partial charge in [0.15, 0.2) is 11.6 Å². The van der Waals surface area contributed by atoms with Gasteiger partial charge in [-0.15, -0.1) is 5.10 Å². The zero-order valence-corrected chi connectivity index (χ0v) is 7.71. The molecule has 0 saturated heterocycles. The third-order valence-electron chi connectivity index (χ3n) is 2.04. The molecule has 3 heterocycles. The van der Waals surface area contributed by atoms with E-state index in [1.165, 1.54) is 10.9 Å². The largest absolute Gasteiger partial charge is 0.482 e. The normalized spacial score (nSPS) is 14.1. The third-order valence-corrected chi connectivity index (χ3v) is 2.04. The monoisotopic (exact) mass is 208 g/mol. The average molecular weight is 208 g/mol. The molecule has 2 N–H and O–H groups in total. The van der Waals surface area contributed by atoms with E-state index in [1.807, 2.05) is 0 Å². The van der Waals surface area contributed by atoms with Crippen LogP contribution in [-0.2, 0) is 0 Å². The maximum Gasteiger partial charge on any atom is 0.264 e. The number of nitrogens with zero attached hydrogens (tertiary/aromatic N) is 3. The molecule has 15 heavy (non-hydrogen) atoms. The Morgan fingerprint density at radius 3 is 3.00 bits per heavy atom. The summed E-state index contributed by atoms with van der Waals surface area (Å²) in [4.78, 5) is 0. The summed E-state index contributed by atoms with van der Waals surface area (Å²) in [7, 11) is 0. The van der Waals surface area contributed by atoms with E-state index in [-0.39, 0.29) is 5.82 Å². The first kappa shape index (κ1) is 8.16. The summed E-state index contributed by atoms with van der Waals surface area (Å²) in [5, 5.41) is 7.80. The van der Waals surface area contributed by atoms with Crippen LogP contribution in [0, 0.1) is 0 Å². The van der Waals surface area contributed by atoms with E-state index in [4.69, 9.17) is 19.7 Å². The molecule has 0 aromatic carbocycles. The molecule has 2 aromatic rings. The first-order chi connectivity index (χ1) is 7.36. The van der Waals surface area contributed by atoms with E-state index in [2.05, 4.69) is 10.3 Å². The van der Waals surface area contributed by atoms with Crippen LogP contribution >= 0.6 is 0 Å². The highest BCUT2D eigenvalue weighted by molar-refractivity contribution is 5.55. The van der Waals surface area contributed by atoms with E-state index in [0.29, 0.717) is 30.7 Å². The fourth-order valence-electron chi connectivity index (χ4n) is 1.42. The summed E-state index contributed by atoms with van der Waals surface area (Å²) < 4.78 is 16.9. The van der Waals surface area contributed by atoms with Gasteiger partial charge in [-0.1, -0.05) is 5.16 Å². The number of anilines is 1. The van der Waals surface area contributed by atoms with E-state index in [1.54, 1.807) is 6.07 Å². The predicted molar refractivity (Wildman–Crippen MR) is 49.0 cm³/mol. The maximum absolute atomic E-state index is 5.67. The van der Waals surface area contributed by atoms with Crippen LogP contribution in [0.5, 0.6) is 11.6 Å². The second-order valence-electron chi connectivity index (χ2n) is 2.99. The number of ether oxygens (including phenoxy) is 2. The highest BCUT2D eigenvalue weighted by atomic mass is 16.6. The first-order valence-corrected chi connectivity index (χ1v) is 4.41. The Morgan fingerprint density at radius 1 is 1.33 bits per heavy atom. The summed E-state index contributed by atoms with van der Waals surface area (Å²) in [5.41, 5.74) is 5.67. The van der Waals surface area contributed by atoms with Gasteiger partial charge in [0.25, 0.3) is 5.88 Å². The zero-order chi connectivity index (χ0) is 10.3. The van der Waals surface area contributed by atoms with E-state index in [9.17, 15) is 0 Å². The molecule has 7 heteroatoms. The minimum Gasteiger partial charge on any atom is -0.482 e. The topological polar surface area (TPSA) is 88.3 Å². The molecule has 78 valence electrons. The molecule has 0 amide bonds. The molecular weight excluding hydrogens is 200 g/mol. The van der Waals surface area contributed by atoms with Crippen LogP contribution in [0.4, 0.5) is 5.82 Å². The minimum atomic E-state index is 0.285. The fraction of sp³-hybridized carbons (Fsp3) is 0.250. The van der Waals surface area contributed by atoms with Crippen molar-refractivity contribution in [3.8, 4) is 17.4 Å². The van der Waals surface area contributed by atoms with Gasteiger partial charge in [-0.25, -0.2) is 0 Å². The van der Waals surface area contributed by atoms with E-state index >= 15 is 0 Å². The molecule has 1 aliphatic rings. The fourth-order valence-corrected chi connectivity index (χ4v) is 1.42. The molecule has 0 bridgehead atoms. The number of aromatic nitrogens is 3. The quantitative estimate of drug-likeness (QED) is 0.720. The van der Waals surface area contributed by atoms with Gasteiger partial charge >= 0.3 is 0 Å². The van der Waals surface area contributed by atoms with Crippen molar-refractivity contribution in [3.63, 3.8) is 0 Å². The van der Waals surface area contributed by atoms with Crippen molar-refractivity contribution in [1.82, 2.24) is 14.9 Å². The lowest BCUT2D eigenvalue weighted by Crippen LogP contribution is -2.16. The van der Waals surface area contributed by atoms with Gasteiger partial charge in [0, 0.05) is 6.07 Å². The minimum absolute atomic E-state index is 0.285. The van der Waals surface area contributed by atoms with Crippen molar-refractivity contribution in [1.29, 1.82) is 0 Å². The smallest absolute Gasteiger partial charge is 0.264 e. The van der Waals surface area contributed by atoms with Crippen molar-refractivity contribution in [3.05, 3.63) is 12.3 Å². The number of nitrogens with two attached hydrogens (primary N) is 1. The molecule has 0 radical (unpaired) electrons. The summed E-state index contributed by atoms with van der Waals surface area (Å²) in [6, 6.07) is 1.66. The van der Waals surface area contributed by atoms with Crippen molar-refractivity contribution in [2.24, 2.45) is 0 Å². The lowest BCUT2D eigenvalue weighted by Gasteiger charge is -2.15. The molecule has 2 aromatic heterocycles. The lowest BCUT2D eigenvalue weighted by atomic mass is 10.5. The molecule has 0 aliphatic carbocycles. The molecular formula is C8H8N4O3.